The van der Waals surface area contributed by atoms with Crippen LogP contribution in [-0.2, 0) is 9.59 Å². The average molecular weight is 482 g/mol. The summed E-state index contributed by atoms with van der Waals surface area (Å²) in [5.74, 6) is -0.744. The summed E-state index contributed by atoms with van der Waals surface area (Å²) in [6, 6.07) is 0. The first kappa shape index (κ1) is 26.7. The number of rotatable bonds is 4. The van der Waals surface area contributed by atoms with Gasteiger partial charge in [0.2, 0.25) is 5.91 Å². The lowest BCUT2D eigenvalue weighted by atomic mass is 10.1. The number of hydrogen-bond donors (Lipinski definition) is 3. The lowest BCUT2D eigenvalue weighted by molar-refractivity contribution is -0.132. The van der Waals surface area contributed by atoms with Gasteiger partial charge in [0.1, 0.15) is 0 Å². The fourth-order valence-corrected chi connectivity index (χ4v) is 5.50. The predicted molar refractivity (Wildman–Crippen MR) is 142 cm³/mol. The molecule has 0 aromatic rings. The Labute approximate surface area is 208 Å². The number of hydrogen-bond acceptors (Lipinski definition) is 6. The average Bonchev–Trinajstić information content (AvgIpc) is 3.63. The number of carboxylic acid groups (broad SMARTS) is 1. The molecule has 190 valence electrons. The lowest BCUT2D eigenvalue weighted by Gasteiger charge is -2.01. The SMILES string of the molecule is C.CNC(=O)C1=C2CCCC2=NC1.CNCC1=C2CCCC2=NC1.O=C(O)C1=C2CCCC2=NC1. The number of aliphatic imine (C=N–C) groups is 3. The standard InChI is InChI=1S/C9H12N2O.C9H14N2.C8H9NO2.CH4/c1-10-9(12)7-5-11-8-4-2-3-6(7)8;1-10-5-7-6-11-9-4-2-3-8(7)9;10-8(11)6-4-9-7-3-1-2-5(6)7;/h2-5H2,1H3,(H,10,12);10H,2-6H2,1H3;1-4H2,(H,10,11);1H4. The molecule has 0 spiro atoms. The van der Waals surface area contributed by atoms with Crippen LogP contribution in [0.15, 0.2) is 48.4 Å². The van der Waals surface area contributed by atoms with Gasteiger partial charge in [-0.1, -0.05) is 7.43 Å². The molecule has 3 aliphatic heterocycles. The van der Waals surface area contributed by atoms with Crippen molar-refractivity contribution in [3.05, 3.63) is 33.4 Å². The molecule has 0 aromatic heterocycles. The zero-order valence-corrected chi connectivity index (χ0v) is 20.3. The molecule has 0 aromatic carbocycles. The van der Waals surface area contributed by atoms with Gasteiger partial charge in [-0.25, -0.2) is 4.79 Å². The molecule has 0 bridgehead atoms. The van der Waals surface area contributed by atoms with Crippen LogP contribution in [0.4, 0.5) is 0 Å². The maximum Gasteiger partial charge on any atom is 0.333 e. The minimum Gasteiger partial charge on any atom is -0.478 e. The molecule has 6 aliphatic rings. The number of nitrogens with zero attached hydrogens (tertiary/aromatic N) is 3. The number of carbonyl (C=O) groups is 2. The van der Waals surface area contributed by atoms with Crippen LogP contribution < -0.4 is 10.6 Å². The molecule has 3 heterocycles. The van der Waals surface area contributed by atoms with E-state index in [-0.39, 0.29) is 13.3 Å². The van der Waals surface area contributed by atoms with Crippen molar-refractivity contribution in [1.82, 2.24) is 10.6 Å². The number of aliphatic carboxylic acids is 1. The Kier molecular flexibility index (Phi) is 9.32. The van der Waals surface area contributed by atoms with Crippen molar-refractivity contribution in [2.75, 3.05) is 40.3 Å². The molecule has 3 saturated carbocycles. The van der Waals surface area contributed by atoms with Gasteiger partial charge in [-0.3, -0.25) is 19.8 Å². The van der Waals surface area contributed by atoms with Crippen molar-refractivity contribution in [2.24, 2.45) is 15.0 Å². The maximum absolute atomic E-state index is 11.3. The highest BCUT2D eigenvalue weighted by Gasteiger charge is 2.28. The van der Waals surface area contributed by atoms with Gasteiger partial charge in [0.25, 0.3) is 0 Å². The van der Waals surface area contributed by atoms with E-state index < -0.39 is 5.97 Å². The summed E-state index contributed by atoms with van der Waals surface area (Å²) in [5, 5.41) is 14.6. The van der Waals surface area contributed by atoms with E-state index in [1.165, 1.54) is 41.8 Å². The first-order valence-electron chi connectivity index (χ1n) is 12.4. The molecule has 0 saturated heterocycles. The highest BCUT2D eigenvalue weighted by molar-refractivity contribution is 6.12. The molecule has 3 fully saturated rings. The van der Waals surface area contributed by atoms with E-state index in [4.69, 9.17) is 5.11 Å². The third-order valence-electron chi connectivity index (χ3n) is 7.19. The largest absolute Gasteiger partial charge is 0.478 e. The molecule has 1 amide bonds. The van der Waals surface area contributed by atoms with Crippen LogP contribution in [0, 0.1) is 0 Å². The maximum atomic E-state index is 11.3. The molecule has 8 nitrogen and oxygen atoms in total. The van der Waals surface area contributed by atoms with Crippen LogP contribution in [0.25, 0.3) is 0 Å². The number of likely N-dealkylation sites (N-methyl/N-ethyl adjacent to an activating group) is 2. The van der Waals surface area contributed by atoms with Crippen molar-refractivity contribution in [3.8, 4) is 0 Å². The molecule has 8 heteroatoms. The van der Waals surface area contributed by atoms with Crippen LogP contribution in [0.5, 0.6) is 0 Å². The van der Waals surface area contributed by atoms with Crippen molar-refractivity contribution >= 4 is 29.0 Å². The predicted octanol–water partition coefficient (Wildman–Crippen LogP) is 3.45. The summed E-state index contributed by atoms with van der Waals surface area (Å²) >= 11 is 0. The zero-order valence-electron chi connectivity index (χ0n) is 20.3. The number of carbonyl (C=O) groups excluding carboxylic acids is 1. The van der Waals surface area contributed by atoms with Gasteiger partial charge in [0.05, 0.1) is 25.2 Å². The van der Waals surface area contributed by atoms with Crippen molar-refractivity contribution in [2.45, 2.75) is 65.2 Å². The van der Waals surface area contributed by atoms with Crippen molar-refractivity contribution in [1.29, 1.82) is 0 Å². The minimum atomic E-state index is -0.791. The second-order valence-electron chi connectivity index (χ2n) is 9.26. The Morgan fingerprint density at radius 3 is 1.77 bits per heavy atom. The lowest BCUT2D eigenvalue weighted by Crippen LogP contribution is -2.21. The third kappa shape index (κ3) is 5.86. The summed E-state index contributed by atoms with van der Waals surface area (Å²) < 4.78 is 0. The fraction of sp³-hybridized carbons (Fsp3) is 0.593. The Bertz CT molecular complexity index is 1060. The molecular weight excluding hydrogens is 442 g/mol. The van der Waals surface area contributed by atoms with Crippen LogP contribution in [-0.4, -0.2) is 74.4 Å². The van der Waals surface area contributed by atoms with Gasteiger partial charge in [0.15, 0.2) is 0 Å². The first-order chi connectivity index (χ1) is 16.5. The molecule has 35 heavy (non-hydrogen) atoms. The van der Waals surface area contributed by atoms with E-state index in [9.17, 15) is 9.59 Å². The van der Waals surface area contributed by atoms with E-state index in [1.54, 1.807) is 12.6 Å². The molecule has 0 atom stereocenters. The number of fused-ring (bicyclic) bond motifs is 3. The van der Waals surface area contributed by atoms with Gasteiger partial charge < -0.3 is 15.7 Å². The van der Waals surface area contributed by atoms with Crippen LogP contribution in [0.3, 0.4) is 0 Å². The molecule has 6 rings (SSSR count). The number of amides is 1. The summed E-state index contributed by atoms with van der Waals surface area (Å²) in [5.41, 5.74) is 10.4. The summed E-state index contributed by atoms with van der Waals surface area (Å²) in [7, 11) is 3.67. The van der Waals surface area contributed by atoms with Crippen molar-refractivity contribution in [3.63, 3.8) is 0 Å². The van der Waals surface area contributed by atoms with Gasteiger partial charge in [-0.2, -0.15) is 0 Å². The third-order valence-corrected chi connectivity index (χ3v) is 7.19. The van der Waals surface area contributed by atoms with Gasteiger partial charge >= 0.3 is 5.97 Å². The Balaban J connectivity index is 0.000000145. The summed E-state index contributed by atoms with van der Waals surface area (Å²) in [6.45, 7) is 3.00. The zero-order chi connectivity index (χ0) is 24.1. The van der Waals surface area contributed by atoms with Gasteiger partial charge in [-0.15, -0.1) is 0 Å². The Morgan fingerprint density at radius 2 is 1.23 bits per heavy atom. The van der Waals surface area contributed by atoms with E-state index in [0.29, 0.717) is 18.7 Å². The summed E-state index contributed by atoms with van der Waals surface area (Å²) in [4.78, 5) is 34.9. The second-order valence-corrected chi connectivity index (χ2v) is 9.26. The number of nitrogens with one attached hydrogen (secondary N) is 2. The first-order valence-corrected chi connectivity index (χ1v) is 12.4. The van der Waals surface area contributed by atoms with Crippen LogP contribution in [0.2, 0.25) is 0 Å². The quantitative estimate of drug-likeness (QED) is 0.570. The summed E-state index contributed by atoms with van der Waals surface area (Å²) in [6.07, 6.45) is 10.1. The fourth-order valence-electron chi connectivity index (χ4n) is 5.50. The Hall–Kier alpha value is -2.87. The molecular formula is C27H39N5O3. The van der Waals surface area contributed by atoms with E-state index in [2.05, 4.69) is 25.6 Å². The molecule has 0 unspecified atom stereocenters. The van der Waals surface area contributed by atoms with Gasteiger partial charge in [-0.05, 0) is 87.1 Å². The number of allylic oxidation sites excluding steroid dienone is 3. The highest BCUT2D eigenvalue weighted by Crippen LogP contribution is 2.31. The smallest absolute Gasteiger partial charge is 0.333 e. The van der Waals surface area contributed by atoms with E-state index in [0.717, 1.165) is 68.5 Å². The highest BCUT2D eigenvalue weighted by atomic mass is 16.4. The van der Waals surface area contributed by atoms with Crippen LogP contribution >= 0.6 is 0 Å². The topological polar surface area (TPSA) is 116 Å². The van der Waals surface area contributed by atoms with Crippen molar-refractivity contribution < 1.29 is 14.7 Å². The van der Waals surface area contributed by atoms with E-state index >= 15 is 0 Å². The Morgan fingerprint density at radius 1 is 0.743 bits per heavy atom. The normalized spacial score (nSPS) is 21.1. The monoisotopic (exact) mass is 481 g/mol. The second kappa shape index (κ2) is 12.2. The van der Waals surface area contributed by atoms with Crippen LogP contribution in [0.1, 0.15) is 65.2 Å². The molecule has 3 aliphatic carbocycles. The van der Waals surface area contributed by atoms with E-state index in [1.807, 2.05) is 7.05 Å². The molecule has 0 radical (unpaired) electrons. The molecule has 3 N–H and O–H groups in total. The number of carboxylic acids is 1. The minimum absolute atomic E-state index is 0. The van der Waals surface area contributed by atoms with Gasteiger partial charge in [0, 0.05) is 36.3 Å².